The molecule has 5 aromatic carbocycles. The van der Waals surface area contributed by atoms with Crippen LogP contribution in [-0.2, 0) is 0 Å². The van der Waals surface area contributed by atoms with Gasteiger partial charge < -0.3 is 17.0 Å². The van der Waals surface area contributed by atoms with Crippen molar-refractivity contribution in [2.24, 2.45) is 0 Å². The van der Waals surface area contributed by atoms with E-state index in [9.17, 15) is 0 Å². The molecule has 39 heavy (non-hydrogen) atoms. The van der Waals surface area contributed by atoms with Crippen LogP contribution in [0.3, 0.4) is 0 Å². The highest BCUT2D eigenvalue weighted by Crippen LogP contribution is 2.66. The SMILES string of the molecule is C1=CN2C(c3ccccc31)C([P+](c1ccccc1)(c1ccccc1)c1ccccc1)CN2c1ccccc1.[Br-]. The lowest BCUT2D eigenvalue weighted by molar-refractivity contribution is -0.00000717. The van der Waals surface area contributed by atoms with Crippen molar-refractivity contribution in [2.75, 3.05) is 11.6 Å². The van der Waals surface area contributed by atoms with Crippen molar-refractivity contribution in [1.82, 2.24) is 5.01 Å². The molecule has 0 N–H and O–H groups in total. The molecular formula is C35H30BrN2P. The first kappa shape index (κ1) is 25.6. The molecule has 2 heterocycles. The molecule has 2 nitrogen and oxygen atoms in total. The monoisotopic (exact) mass is 588 g/mol. The Morgan fingerprint density at radius 1 is 0.538 bits per heavy atom. The summed E-state index contributed by atoms with van der Waals surface area (Å²) in [5, 5.41) is 9.31. The van der Waals surface area contributed by atoms with Crippen molar-refractivity contribution in [1.29, 1.82) is 0 Å². The first-order valence-corrected chi connectivity index (χ1v) is 15.2. The third kappa shape index (κ3) is 4.22. The summed E-state index contributed by atoms with van der Waals surface area (Å²) in [5.41, 5.74) is 4.30. The molecule has 2 aliphatic rings. The Kier molecular flexibility index (Phi) is 7.12. The molecule has 4 heteroatoms. The van der Waals surface area contributed by atoms with Crippen molar-refractivity contribution in [3.8, 4) is 0 Å². The maximum Gasteiger partial charge on any atom is 0.130 e. The molecule has 0 saturated carbocycles. The van der Waals surface area contributed by atoms with Gasteiger partial charge in [0.05, 0.1) is 12.2 Å². The zero-order chi connectivity index (χ0) is 25.4. The quantitative estimate of drug-likeness (QED) is 0.288. The molecule has 2 atom stereocenters. The van der Waals surface area contributed by atoms with Gasteiger partial charge in [0, 0.05) is 6.20 Å². The van der Waals surface area contributed by atoms with E-state index in [1.54, 1.807) is 0 Å². The zero-order valence-electron chi connectivity index (χ0n) is 21.6. The van der Waals surface area contributed by atoms with Crippen LogP contribution in [0.5, 0.6) is 0 Å². The highest BCUT2D eigenvalue weighted by atomic mass is 79.9. The smallest absolute Gasteiger partial charge is 0.130 e. The van der Waals surface area contributed by atoms with Gasteiger partial charge in [-0.1, -0.05) is 97.1 Å². The molecule has 5 aromatic rings. The maximum atomic E-state index is 2.51. The average Bonchev–Trinajstić information content (AvgIpc) is 3.40. The highest BCUT2D eigenvalue weighted by Gasteiger charge is 2.61. The maximum absolute atomic E-state index is 2.51. The van der Waals surface area contributed by atoms with Gasteiger partial charge in [0.25, 0.3) is 0 Å². The van der Waals surface area contributed by atoms with Crippen LogP contribution in [0.25, 0.3) is 6.08 Å². The van der Waals surface area contributed by atoms with Crippen LogP contribution < -0.4 is 37.9 Å². The Bertz CT molecular complexity index is 1460. The summed E-state index contributed by atoms with van der Waals surface area (Å²) in [6, 6.07) is 54.0. The number of para-hydroxylation sites is 1. The van der Waals surface area contributed by atoms with Crippen LogP contribution >= 0.6 is 7.26 Å². The number of halogens is 1. The van der Waals surface area contributed by atoms with E-state index < -0.39 is 7.26 Å². The molecule has 0 spiro atoms. The summed E-state index contributed by atoms with van der Waals surface area (Å²) in [6.07, 6.45) is 4.58. The van der Waals surface area contributed by atoms with Gasteiger partial charge in [-0.2, -0.15) is 0 Å². The number of fused-ring (bicyclic) bond motifs is 3. The van der Waals surface area contributed by atoms with Gasteiger partial charge in [0.2, 0.25) is 0 Å². The molecule has 1 saturated heterocycles. The van der Waals surface area contributed by atoms with Gasteiger partial charge in [-0.15, -0.1) is 0 Å². The van der Waals surface area contributed by atoms with Gasteiger partial charge in [-0.05, 0) is 65.7 Å². The number of nitrogens with zero attached hydrogens (tertiary/aromatic N) is 2. The number of hydrogen-bond acceptors (Lipinski definition) is 2. The molecule has 2 unspecified atom stereocenters. The zero-order valence-corrected chi connectivity index (χ0v) is 24.1. The van der Waals surface area contributed by atoms with E-state index in [4.69, 9.17) is 0 Å². The molecule has 0 aliphatic carbocycles. The van der Waals surface area contributed by atoms with E-state index in [-0.39, 0.29) is 23.0 Å². The number of anilines is 1. The second-order valence-corrected chi connectivity index (χ2v) is 13.6. The minimum absolute atomic E-state index is 0. The van der Waals surface area contributed by atoms with Crippen LogP contribution in [0.4, 0.5) is 5.69 Å². The second-order valence-electron chi connectivity index (χ2n) is 9.98. The molecule has 0 bridgehead atoms. The first-order chi connectivity index (χ1) is 18.9. The predicted octanol–water partition coefficient (Wildman–Crippen LogP) is 3.82. The Labute approximate surface area is 242 Å². The van der Waals surface area contributed by atoms with Gasteiger partial charge in [0.1, 0.15) is 34.9 Å². The van der Waals surface area contributed by atoms with E-state index in [0.29, 0.717) is 5.66 Å². The first-order valence-electron chi connectivity index (χ1n) is 13.3. The van der Waals surface area contributed by atoms with Crippen LogP contribution in [0.15, 0.2) is 152 Å². The Morgan fingerprint density at radius 3 is 1.54 bits per heavy atom. The average molecular weight is 590 g/mol. The highest BCUT2D eigenvalue weighted by molar-refractivity contribution is 7.96. The summed E-state index contributed by atoms with van der Waals surface area (Å²) < 4.78 is 0. The fourth-order valence-electron chi connectivity index (χ4n) is 6.49. The van der Waals surface area contributed by atoms with Gasteiger partial charge >= 0.3 is 0 Å². The van der Waals surface area contributed by atoms with E-state index >= 15 is 0 Å². The molecule has 7 rings (SSSR count). The number of hydrogen-bond donors (Lipinski definition) is 0. The van der Waals surface area contributed by atoms with Gasteiger partial charge in [-0.25, -0.2) is 0 Å². The third-order valence-electron chi connectivity index (χ3n) is 8.05. The molecular weight excluding hydrogens is 559 g/mol. The van der Waals surface area contributed by atoms with Gasteiger partial charge in [-0.3, -0.25) is 10.0 Å². The molecule has 0 amide bonds. The molecule has 2 aliphatic heterocycles. The predicted molar refractivity (Wildman–Crippen MR) is 163 cm³/mol. The fraction of sp³-hybridized carbons (Fsp3) is 0.0857. The van der Waals surface area contributed by atoms with Crippen molar-refractivity contribution in [2.45, 2.75) is 11.7 Å². The molecule has 192 valence electrons. The minimum atomic E-state index is -2.12. The lowest BCUT2D eigenvalue weighted by Crippen LogP contribution is -3.00. The van der Waals surface area contributed by atoms with Crippen LogP contribution in [0.2, 0.25) is 0 Å². The number of rotatable bonds is 5. The Morgan fingerprint density at radius 2 is 1.00 bits per heavy atom. The summed E-state index contributed by atoms with van der Waals surface area (Å²) in [7, 11) is -2.12. The summed E-state index contributed by atoms with van der Waals surface area (Å²) >= 11 is 0. The third-order valence-corrected chi connectivity index (χ3v) is 12.8. The fourth-order valence-corrected chi connectivity index (χ4v) is 11.6. The molecule has 1 fully saturated rings. The van der Waals surface area contributed by atoms with E-state index in [2.05, 4.69) is 168 Å². The summed E-state index contributed by atoms with van der Waals surface area (Å²) in [6.45, 7) is 0.930. The lowest BCUT2D eigenvalue weighted by atomic mass is 9.96. The Hall–Kier alpha value is -3.65. The van der Waals surface area contributed by atoms with Crippen LogP contribution in [-0.4, -0.2) is 17.2 Å². The Balaban J connectivity index is 0.00000277. The van der Waals surface area contributed by atoms with Crippen molar-refractivity contribution in [3.63, 3.8) is 0 Å². The standard InChI is InChI=1S/C35H30N2P.BrH/c1-5-16-29(17-6-1)37-27-34(35-33-24-14-13-15-28(33)25-26-36(35)37)38(30-18-7-2-8-19-30,31-20-9-3-10-21-31)32-22-11-4-12-23-32;/h1-26,34-35H,27H2;1H/q+1;/p-1. The summed E-state index contributed by atoms with van der Waals surface area (Å²) in [4.78, 5) is 0. The second kappa shape index (κ2) is 10.8. The number of hydrazine groups is 1. The lowest BCUT2D eigenvalue weighted by Gasteiger charge is -2.38. The summed E-state index contributed by atoms with van der Waals surface area (Å²) in [5.74, 6) is 0. The molecule has 0 radical (unpaired) electrons. The number of benzene rings is 5. The van der Waals surface area contributed by atoms with E-state index in [0.717, 1.165) is 6.54 Å². The molecule has 0 aromatic heterocycles. The van der Waals surface area contributed by atoms with Gasteiger partial charge in [0.15, 0.2) is 0 Å². The van der Waals surface area contributed by atoms with Crippen LogP contribution in [0.1, 0.15) is 17.2 Å². The van der Waals surface area contributed by atoms with E-state index in [1.807, 2.05) is 0 Å². The van der Waals surface area contributed by atoms with Crippen LogP contribution in [0, 0.1) is 0 Å². The topological polar surface area (TPSA) is 6.48 Å². The van der Waals surface area contributed by atoms with E-state index in [1.165, 1.54) is 32.7 Å². The normalized spacial score (nSPS) is 17.7. The largest absolute Gasteiger partial charge is 1.00 e. The minimum Gasteiger partial charge on any atom is -1.00 e. The van der Waals surface area contributed by atoms with Crippen molar-refractivity contribution < 1.29 is 17.0 Å². The van der Waals surface area contributed by atoms with Crippen molar-refractivity contribution in [3.05, 3.63) is 163 Å². The van der Waals surface area contributed by atoms with Crippen molar-refractivity contribution >= 4 is 34.9 Å².